The Morgan fingerprint density at radius 3 is 2.52 bits per heavy atom. The first kappa shape index (κ1) is 17.8. The number of nitrogens with one attached hydrogen (secondary N) is 1. The van der Waals surface area contributed by atoms with Crippen LogP contribution >= 0.6 is 0 Å². The van der Waals surface area contributed by atoms with Gasteiger partial charge in [-0.05, 0) is 25.9 Å². The number of hydrogen-bond donors (Lipinski definition) is 2. The number of rotatable bonds is 8. The van der Waals surface area contributed by atoms with E-state index in [1.54, 1.807) is 0 Å². The number of likely N-dealkylation sites (tertiary alicyclic amines) is 1. The second kappa shape index (κ2) is 8.87. The van der Waals surface area contributed by atoms with Crippen molar-refractivity contribution in [3.8, 4) is 0 Å². The fourth-order valence-electron chi connectivity index (χ4n) is 3.01. The van der Waals surface area contributed by atoms with Crippen molar-refractivity contribution in [2.24, 2.45) is 0 Å². The molecule has 122 valence electrons. The summed E-state index contributed by atoms with van der Waals surface area (Å²) in [4.78, 5) is 27.3. The number of carboxylic acids is 1. The van der Waals surface area contributed by atoms with Crippen LogP contribution in [0.1, 0.15) is 46.5 Å². The van der Waals surface area contributed by atoms with Crippen molar-refractivity contribution in [2.45, 2.75) is 58.5 Å². The fourth-order valence-corrected chi connectivity index (χ4v) is 3.01. The minimum absolute atomic E-state index is 0.00705. The summed E-state index contributed by atoms with van der Waals surface area (Å²) in [5, 5.41) is 11.8. The van der Waals surface area contributed by atoms with Gasteiger partial charge in [-0.25, -0.2) is 4.79 Å². The Labute approximate surface area is 127 Å². The van der Waals surface area contributed by atoms with Crippen LogP contribution in [0.2, 0.25) is 0 Å². The SMILES string of the molecule is CCCC(CC(=O)O)NC(=O)N1CCC(N(CC)CC)C1. The lowest BCUT2D eigenvalue weighted by atomic mass is 10.1. The van der Waals surface area contributed by atoms with E-state index in [1.807, 2.05) is 11.8 Å². The summed E-state index contributed by atoms with van der Waals surface area (Å²) in [5.41, 5.74) is 0. The lowest BCUT2D eigenvalue weighted by Crippen LogP contribution is -2.46. The van der Waals surface area contributed by atoms with E-state index in [-0.39, 0.29) is 18.5 Å². The van der Waals surface area contributed by atoms with Crippen molar-refractivity contribution >= 4 is 12.0 Å². The van der Waals surface area contributed by atoms with Crippen LogP contribution in [-0.4, -0.2) is 65.2 Å². The largest absolute Gasteiger partial charge is 0.481 e. The van der Waals surface area contributed by atoms with Crippen molar-refractivity contribution in [3.05, 3.63) is 0 Å². The third-order valence-corrected chi connectivity index (χ3v) is 4.17. The van der Waals surface area contributed by atoms with Gasteiger partial charge < -0.3 is 15.3 Å². The topological polar surface area (TPSA) is 72.9 Å². The van der Waals surface area contributed by atoms with Gasteiger partial charge in [0.15, 0.2) is 0 Å². The molecule has 2 amide bonds. The second-order valence-electron chi connectivity index (χ2n) is 5.64. The maximum atomic E-state index is 12.3. The van der Waals surface area contributed by atoms with Gasteiger partial charge in [0.2, 0.25) is 0 Å². The predicted molar refractivity (Wildman–Crippen MR) is 82.4 cm³/mol. The van der Waals surface area contributed by atoms with E-state index in [9.17, 15) is 9.59 Å². The normalized spacial score (nSPS) is 19.8. The van der Waals surface area contributed by atoms with Crippen molar-refractivity contribution in [2.75, 3.05) is 26.2 Å². The number of carboxylic acid groups (broad SMARTS) is 1. The molecule has 0 saturated carbocycles. The molecule has 1 fully saturated rings. The molecule has 6 heteroatoms. The Hall–Kier alpha value is -1.30. The number of aliphatic carboxylic acids is 1. The Kier molecular flexibility index (Phi) is 7.50. The first-order valence-corrected chi connectivity index (χ1v) is 8.03. The number of hydrogen-bond acceptors (Lipinski definition) is 3. The second-order valence-corrected chi connectivity index (χ2v) is 5.64. The molecule has 6 nitrogen and oxygen atoms in total. The van der Waals surface area contributed by atoms with Crippen LogP contribution in [-0.2, 0) is 4.79 Å². The van der Waals surface area contributed by atoms with Crippen molar-refractivity contribution in [1.29, 1.82) is 0 Å². The highest BCUT2D eigenvalue weighted by atomic mass is 16.4. The number of carbonyl (C=O) groups is 2. The lowest BCUT2D eigenvalue weighted by molar-refractivity contribution is -0.137. The summed E-state index contributed by atoms with van der Waals surface area (Å²) in [6.07, 6.45) is 2.55. The van der Waals surface area contributed by atoms with E-state index in [2.05, 4.69) is 24.1 Å². The van der Waals surface area contributed by atoms with Crippen LogP contribution in [0.15, 0.2) is 0 Å². The maximum absolute atomic E-state index is 12.3. The number of carbonyl (C=O) groups excluding carboxylic acids is 1. The molecule has 1 rings (SSSR count). The average molecular weight is 299 g/mol. The van der Waals surface area contributed by atoms with Crippen LogP contribution in [0.25, 0.3) is 0 Å². The van der Waals surface area contributed by atoms with E-state index in [0.717, 1.165) is 39.0 Å². The Morgan fingerprint density at radius 1 is 1.33 bits per heavy atom. The predicted octanol–water partition coefficient (Wildman–Crippen LogP) is 1.76. The summed E-state index contributed by atoms with van der Waals surface area (Å²) in [5.74, 6) is -0.865. The smallest absolute Gasteiger partial charge is 0.317 e. The summed E-state index contributed by atoms with van der Waals surface area (Å²) in [6, 6.07) is 0.0340. The van der Waals surface area contributed by atoms with Gasteiger partial charge in [-0.3, -0.25) is 9.69 Å². The molecular formula is C15H29N3O3. The minimum Gasteiger partial charge on any atom is -0.481 e. The zero-order valence-corrected chi connectivity index (χ0v) is 13.5. The first-order valence-electron chi connectivity index (χ1n) is 8.03. The molecule has 1 aliphatic rings. The van der Waals surface area contributed by atoms with Gasteiger partial charge in [-0.15, -0.1) is 0 Å². The Balaban J connectivity index is 2.49. The number of nitrogens with zero attached hydrogens (tertiary/aromatic N) is 2. The third kappa shape index (κ3) is 5.53. The monoisotopic (exact) mass is 299 g/mol. The highest BCUT2D eigenvalue weighted by Gasteiger charge is 2.30. The van der Waals surface area contributed by atoms with E-state index in [4.69, 9.17) is 5.11 Å². The summed E-state index contributed by atoms with van der Waals surface area (Å²) in [7, 11) is 0. The quantitative estimate of drug-likeness (QED) is 0.716. The van der Waals surface area contributed by atoms with Gasteiger partial charge in [0.25, 0.3) is 0 Å². The van der Waals surface area contributed by atoms with Crippen molar-refractivity contribution < 1.29 is 14.7 Å². The molecule has 0 radical (unpaired) electrons. The van der Waals surface area contributed by atoms with Gasteiger partial charge in [0.1, 0.15) is 0 Å². The number of urea groups is 1. The van der Waals surface area contributed by atoms with E-state index in [0.29, 0.717) is 12.5 Å². The third-order valence-electron chi connectivity index (χ3n) is 4.17. The molecule has 0 bridgehead atoms. The van der Waals surface area contributed by atoms with Crippen LogP contribution in [0.5, 0.6) is 0 Å². The van der Waals surface area contributed by atoms with Gasteiger partial charge in [-0.1, -0.05) is 27.2 Å². The molecule has 0 aromatic carbocycles. The molecule has 21 heavy (non-hydrogen) atoms. The Bertz CT molecular complexity index is 345. The van der Waals surface area contributed by atoms with Crippen LogP contribution in [0.4, 0.5) is 4.79 Å². The van der Waals surface area contributed by atoms with Gasteiger partial charge in [-0.2, -0.15) is 0 Å². The number of likely N-dealkylation sites (N-methyl/N-ethyl adjacent to an activating group) is 1. The lowest BCUT2D eigenvalue weighted by Gasteiger charge is -2.27. The Morgan fingerprint density at radius 2 is 2.00 bits per heavy atom. The highest BCUT2D eigenvalue weighted by Crippen LogP contribution is 2.16. The van der Waals surface area contributed by atoms with Crippen LogP contribution < -0.4 is 5.32 Å². The fraction of sp³-hybridized carbons (Fsp3) is 0.867. The van der Waals surface area contributed by atoms with Crippen LogP contribution in [0.3, 0.4) is 0 Å². The maximum Gasteiger partial charge on any atom is 0.317 e. The van der Waals surface area contributed by atoms with Crippen LogP contribution in [0, 0.1) is 0 Å². The van der Waals surface area contributed by atoms with Crippen molar-refractivity contribution in [1.82, 2.24) is 15.1 Å². The molecule has 2 unspecified atom stereocenters. The molecule has 2 N–H and O–H groups in total. The molecule has 1 aliphatic heterocycles. The van der Waals surface area contributed by atoms with E-state index >= 15 is 0 Å². The van der Waals surface area contributed by atoms with E-state index in [1.165, 1.54) is 0 Å². The molecule has 1 saturated heterocycles. The van der Waals surface area contributed by atoms with Gasteiger partial charge >= 0.3 is 12.0 Å². The molecule has 1 heterocycles. The molecule has 0 spiro atoms. The molecular weight excluding hydrogens is 270 g/mol. The van der Waals surface area contributed by atoms with E-state index < -0.39 is 5.97 Å². The average Bonchev–Trinajstić information content (AvgIpc) is 2.89. The summed E-state index contributed by atoms with van der Waals surface area (Å²) in [6.45, 7) is 9.74. The van der Waals surface area contributed by atoms with Crippen molar-refractivity contribution in [3.63, 3.8) is 0 Å². The molecule has 0 aromatic rings. The minimum atomic E-state index is -0.865. The molecule has 0 aromatic heterocycles. The van der Waals surface area contributed by atoms with Gasteiger partial charge in [0.05, 0.1) is 6.42 Å². The zero-order valence-electron chi connectivity index (χ0n) is 13.5. The highest BCUT2D eigenvalue weighted by molar-refractivity contribution is 5.76. The van der Waals surface area contributed by atoms with Gasteiger partial charge in [0, 0.05) is 25.2 Å². The molecule has 2 atom stereocenters. The first-order chi connectivity index (χ1) is 10.0. The standard InChI is InChI=1S/C15H29N3O3/c1-4-7-12(10-14(19)20)16-15(21)18-9-8-13(11-18)17(5-2)6-3/h12-13H,4-11H2,1-3H3,(H,16,21)(H,19,20). The number of amides is 2. The zero-order chi connectivity index (χ0) is 15.8. The summed E-state index contributed by atoms with van der Waals surface area (Å²) >= 11 is 0. The molecule has 0 aliphatic carbocycles. The summed E-state index contributed by atoms with van der Waals surface area (Å²) < 4.78 is 0.